The van der Waals surface area contributed by atoms with Crippen molar-refractivity contribution in [2.45, 2.75) is 19.3 Å². The van der Waals surface area contributed by atoms with Crippen molar-refractivity contribution >= 4 is 46.1 Å². The van der Waals surface area contributed by atoms with Gasteiger partial charge in [-0.25, -0.2) is 4.98 Å². The molecule has 3 aromatic rings. The number of rotatable bonds is 6. The summed E-state index contributed by atoms with van der Waals surface area (Å²) in [4.78, 5) is 12.4. The van der Waals surface area contributed by atoms with Gasteiger partial charge < -0.3 is 14.5 Å². The van der Waals surface area contributed by atoms with Crippen molar-refractivity contribution in [3.8, 4) is 0 Å². The van der Waals surface area contributed by atoms with Crippen LogP contribution in [-0.4, -0.2) is 19.8 Å². The van der Waals surface area contributed by atoms with Gasteiger partial charge in [0.15, 0.2) is 0 Å². The third kappa shape index (κ3) is 7.00. The van der Waals surface area contributed by atoms with Crippen LogP contribution in [0.4, 0.5) is 0 Å². The number of nitrogens with zero attached hydrogens (tertiary/aromatic N) is 3. The third-order valence-electron chi connectivity index (χ3n) is 3.38. The molecule has 2 aromatic heterocycles. The average Bonchev–Trinajstić information content (AvgIpc) is 3.23. The van der Waals surface area contributed by atoms with E-state index in [1.807, 2.05) is 34.3 Å². The minimum atomic E-state index is -1.50. The molecule has 1 unspecified atom stereocenters. The highest BCUT2D eigenvalue weighted by atomic mass is 35.5. The summed E-state index contributed by atoms with van der Waals surface area (Å²) in [5.41, 5.74) is 1.86. The SMILES string of the molecule is Clc1ccc(C(Cn2ccnc2)OCc2ccsc2Cl)c(Cl)c1.O=[N+]([O-])O. The second kappa shape index (κ2) is 10.5. The van der Waals surface area contributed by atoms with E-state index in [-0.39, 0.29) is 6.10 Å². The van der Waals surface area contributed by atoms with Gasteiger partial charge in [0, 0.05) is 33.6 Å². The van der Waals surface area contributed by atoms with Crippen LogP contribution >= 0.6 is 46.1 Å². The first-order valence-electron chi connectivity index (χ1n) is 7.44. The van der Waals surface area contributed by atoms with Crippen molar-refractivity contribution in [2.24, 2.45) is 0 Å². The first-order chi connectivity index (χ1) is 12.9. The molecule has 0 saturated heterocycles. The summed E-state index contributed by atoms with van der Waals surface area (Å²) in [6.07, 6.45) is 5.14. The molecule has 0 aliphatic heterocycles. The standard InChI is InChI=1S/C16H13Cl3N2OS.HNO3/c17-12-1-2-13(14(18)7-12)15(8-21-5-4-20-10-21)22-9-11-3-6-23-16(11)19;2-1(3)4/h1-7,10,15H,8-9H2;(H,2,3,4). The largest absolute Gasteiger partial charge is 0.367 e. The van der Waals surface area contributed by atoms with E-state index in [0.29, 0.717) is 23.2 Å². The summed E-state index contributed by atoms with van der Waals surface area (Å²) in [5.74, 6) is 0. The van der Waals surface area contributed by atoms with Crippen LogP contribution in [0.15, 0.2) is 48.4 Å². The molecule has 0 aliphatic rings. The number of benzene rings is 1. The first-order valence-corrected chi connectivity index (χ1v) is 9.45. The highest BCUT2D eigenvalue weighted by Gasteiger charge is 2.17. The second-order valence-electron chi connectivity index (χ2n) is 5.18. The Hall–Kier alpha value is -1.84. The Morgan fingerprint density at radius 3 is 2.63 bits per heavy atom. The number of thiophene rings is 1. The summed E-state index contributed by atoms with van der Waals surface area (Å²) in [6, 6.07) is 7.39. The molecule has 0 aliphatic carbocycles. The molecule has 7 nitrogen and oxygen atoms in total. The molecule has 0 radical (unpaired) electrons. The van der Waals surface area contributed by atoms with Crippen molar-refractivity contribution in [2.75, 3.05) is 0 Å². The van der Waals surface area contributed by atoms with Crippen LogP contribution in [0, 0.1) is 10.1 Å². The zero-order chi connectivity index (χ0) is 19.8. The lowest BCUT2D eigenvalue weighted by molar-refractivity contribution is -0.742. The maximum Gasteiger partial charge on any atom is 0.291 e. The van der Waals surface area contributed by atoms with E-state index in [0.717, 1.165) is 15.5 Å². The molecule has 1 atom stereocenters. The number of aromatic nitrogens is 2. The fourth-order valence-corrected chi connectivity index (χ4v) is 3.63. The summed E-state index contributed by atoms with van der Waals surface area (Å²) < 4.78 is 8.79. The number of halogens is 3. The quantitative estimate of drug-likeness (QED) is 0.395. The monoisotopic (exact) mass is 449 g/mol. The summed E-state index contributed by atoms with van der Waals surface area (Å²) >= 11 is 20.0. The molecule has 0 bridgehead atoms. The maximum atomic E-state index is 8.36. The van der Waals surface area contributed by atoms with Crippen molar-refractivity contribution in [1.82, 2.24) is 9.55 Å². The molecular weight excluding hydrogens is 437 g/mol. The lowest BCUT2D eigenvalue weighted by atomic mass is 10.1. The van der Waals surface area contributed by atoms with Gasteiger partial charge in [0.25, 0.3) is 5.09 Å². The van der Waals surface area contributed by atoms with Gasteiger partial charge in [0.2, 0.25) is 0 Å². The molecule has 0 fully saturated rings. The topological polar surface area (TPSA) is 90.4 Å². The van der Waals surface area contributed by atoms with E-state index in [1.165, 1.54) is 11.3 Å². The van der Waals surface area contributed by atoms with Crippen molar-refractivity contribution < 1.29 is 15.0 Å². The van der Waals surface area contributed by atoms with Gasteiger partial charge in [-0.1, -0.05) is 40.9 Å². The molecule has 0 saturated carbocycles. The molecule has 2 heterocycles. The van der Waals surface area contributed by atoms with Crippen LogP contribution < -0.4 is 0 Å². The Kier molecular flexibility index (Phi) is 8.33. The number of ether oxygens (including phenoxy) is 1. The van der Waals surface area contributed by atoms with E-state index < -0.39 is 5.09 Å². The predicted molar refractivity (Wildman–Crippen MR) is 104 cm³/mol. The molecular formula is C16H14Cl3N3O4S. The van der Waals surface area contributed by atoms with Gasteiger partial charge in [0.05, 0.1) is 23.8 Å². The molecule has 0 spiro atoms. The third-order valence-corrected chi connectivity index (χ3v) is 5.19. The van der Waals surface area contributed by atoms with Gasteiger partial charge in [-0.05, 0) is 23.6 Å². The normalized spacial score (nSPS) is 11.5. The molecule has 27 heavy (non-hydrogen) atoms. The van der Waals surface area contributed by atoms with Gasteiger partial charge in [-0.15, -0.1) is 21.5 Å². The van der Waals surface area contributed by atoms with Crippen LogP contribution in [0.5, 0.6) is 0 Å². The maximum absolute atomic E-state index is 8.36. The van der Waals surface area contributed by atoms with E-state index >= 15 is 0 Å². The van der Waals surface area contributed by atoms with Crippen LogP contribution in [0.1, 0.15) is 17.2 Å². The smallest absolute Gasteiger partial charge is 0.291 e. The lowest BCUT2D eigenvalue weighted by Crippen LogP contribution is -2.12. The fourth-order valence-electron chi connectivity index (χ4n) is 2.20. The first kappa shape index (κ1) is 21.5. The number of imidazole rings is 1. The molecule has 3 rings (SSSR count). The fraction of sp³-hybridized carbons (Fsp3) is 0.188. The number of hydrogen-bond acceptors (Lipinski definition) is 5. The number of hydrogen-bond donors (Lipinski definition) is 1. The zero-order valence-corrected chi connectivity index (χ0v) is 16.8. The predicted octanol–water partition coefficient (Wildman–Crippen LogP) is 5.52. The molecule has 144 valence electrons. The second-order valence-corrected chi connectivity index (χ2v) is 7.54. The van der Waals surface area contributed by atoms with Gasteiger partial charge in [-0.2, -0.15) is 0 Å². The van der Waals surface area contributed by atoms with Crippen molar-refractivity contribution in [1.29, 1.82) is 0 Å². The minimum Gasteiger partial charge on any atom is -0.367 e. The van der Waals surface area contributed by atoms with Gasteiger partial charge >= 0.3 is 0 Å². The van der Waals surface area contributed by atoms with E-state index in [2.05, 4.69) is 4.98 Å². The van der Waals surface area contributed by atoms with Crippen LogP contribution in [0.25, 0.3) is 0 Å². The van der Waals surface area contributed by atoms with Gasteiger partial charge in [-0.3, -0.25) is 0 Å². The van der Waals surface area contributed by atoms with E-state index in [1.54, 1.807) is 18.6 Å². The Morgan fingerprint density at radius 2 is 2.07 bits per heavy atom. The van der Waals surface area contributed by atoms with Crippen LogP contribution in [0.3, 0.4) is 0 Å². The minimum absolute atomic E-state index is 0.232. The van der Waals surface area contributed by atoms with Crippen LogP contribution in [0.2, 0.25) is 14.4 Å². The Bertz CT molecular complexity index is 870. The van der Waals surface area contributed by atoms with Crippen molar-refractivity contribution in [3.05, 3.63) is 84.0 Å². The Labute approximate surface area is 173 Å². The molecule has 11 heteroatoms. The van der Waals surface area contributed by atoms with E-state index in [4.69, 9.17) is 54.9 Å². The van der Waals surface area contributed by atoms with E-state index in [9.17, 15) is 0 Å². The highest BCUT2D eigenvalue weighted by molar-refractivity contribution is 7.14. The van der Waals surface area contributed by atoms with Gasteiger partial charge in [0.1, 0.15) is 6.10 Å². The zero-order valence-electron chi connectivity index (χ0n) is 13.7. The molecule has 1 N–H and O–H groups in total. The molecule has 0 amide bonds. The lowest BCUT2D eigenvalue weighted by Gasteiger charge is -2.20. The highest BCUT2D eigenvalue weighted by Crippen LogP contribution is 2.32. The van der Waals surface area contributed by atoms with Crippen molar-refractivity contribution in [3.63, 3.8) is 0 Å². The Balaban J connectivity index is 0.000000596. The summed E-state index contributed by atoms with van der Waals surface area (Å²) in [6.45, 7) is 1.02. The molecule has 1 aromatic carbocycles. The summed E-state index contributed by atoms with van der Waals surface area (Å²) in [7, 11) is 0. The Morgan fingerprint density at radius 1 is 1.33 bits per heavy atom. The average molecular weight is 451 g/mol. The summed E-state index contributed by atoms with van der Waals surface area (Å²) in [5, 5.41) is 16.8. The van der Waals surface area contributed by atoms with Crippen LogP contribution in [-0.2, 0) is 17.9 Å².